The van der Waals surface area contributed by atoms with Gasteiger partial charge in [-0.1, -0.05) is 52.3 Å². The SMILES string of the molecule is O=C(CCNc1cccc(Br)c1)NCc1ccccc1. The van der Waals surface area contributed by atoms with Crippen molar-refractivity contribution < 1.29 is 4.79 Å². The molecule has 0 fully saturated rings. The minimum atomic E-state index is 0.0522. The quantitative estimate of drug-likeness (QED) is 0.849. The van der Waals surface area contributed by atoms with Crippen molar-refractivity contribution in [2.75, 3.05) is 11.9 Å². The van der Waals surface area contributed by atoms with Gasteiger partial charge in [0.15, 0.2) is 0 Å². The van der Waals surface area contributed by atoms with E-state index in [2.05, 4.69) is 26.6 Å². The molecule has 0 atom stereocenters. The van der Waals surface area contributed by atoms with Crippen LogP contribution in [0.15, 0.2) is 59.1 Å². The van der Waals surface area contributed by atoms with Crippen LogP contribution in [0.5, 0.6) is 0 Å². The Labute approximate surface area is 127 Å². The van der Waals surface area contributed by atoms with Gasteiger partial charge in [0.2, 0.25) is 5.91 Å². The fourth-order valence-corrected chi connectivity index (χ4v) is 2.20. The molecule has 4 heteroatoms. The monoisotopic (exact) mass is 332 g/mol. The highest BCUT2D eigenvalue weighted by Gasteiger charge is 2.01. The largest absolute Gasteiger partial charge is 0.384 e. The Morgan fingerprint density at radius 2 is 1.85 bits per heavy atom. The fourth-order valence-electron chi connectivity index (χ4n) is 1.80. The van der Waals surface area contributed by atoms with Gasteiger partial charge in [-0.15, -0.1) is 0 Å². The van der Waals surface area contributed by atoms with Crippen molar-refractivity contribution in [3.05, 3.63) is 64.6 Å². The van der Waals surface area contributed by atoms with Gasteiger partial charge in [-0.3, -0.25) is 4.79 Å². The normalized spacial score (nSPS) is 10.1. The highest BCUT2D eigenvalue weighted by atomic mass is 79.9. The average Bonchev–Trinajstić information content (AvgIpc) is 2.46. The van der Waals surface area contributed by atoms with Gasteiger partial charge in [0.1, 0.15) is 0 Å². The van der Waals surface area contributed by atoms with Crippen molar-refractivity contribution in [1.29, 1.82) is 0 Å². The zero-order chi connectivity index (χ0) is 14.2. The molecule has 20 heavy (non-hydrogen) atoms. The molecule has 0 bridgehead atoms. The van der Waals surface area contributed by atoms with E-state index in [9.17, 15) is 4.79 Å². The minimum absolute atomic E-state index is 0.0522. The van der Waals surface area contributed by atoms with Crippen LogP contribution in [0, 0.1) is 0 Å². The maximum Gasteiger partial charge on any atom is 0.222 e. The van der Waals surface area contributed by atoms with Crippen molar-refractivity contribution in [2.24, 2.45) is 0 Å². The molecule has 0 heterocycles. The molecule has 2 N–H and O–H groups in total. The van der Waals surface area contributed by atoms with E-state index < -0.39 is 0 Å². The smallest absolute Gasteiger partial charge is 0.222 e. The van der Waals surface area contributed by atoms with Gasteiger partial charge in [0, 0.05) is 29.7 Å². The second kappa shape index (κ2) is 7.70. The van der Waals surface area contributed by atoms with Gasteiger partial charge in [0.25, 0.3) is 0 Å². The fraction of sp³-hybridized carbons (Fsp3) is 0.188. The Balaban J connectivity index is 1.68. The maximum atomic E-state index is 11.7. The molecule has 0 aliphatic rings. The van der Waals surface area contributed by atoms with Gasteiger partial charge < -0.3 is 10.6 Å². The number of benzene rings is 2. The van der Waals surface area contributed by atoms with Crippen LogP contribution >= 0.6 is 15.9 Å². The zero-order valence-corrected chi connectivity index (χ0v) is 12.7. The Morgan fingerprint density at radius 3 is 2.60 bits per heavy atom. The van der Waals surface area contributed by atoms with Crippen LogP contribution in [0.1, 0.15) is 12.0 Å². The average molecular weight is 333 g/mol. The molecule has 0 saturated carbocycles. The molecule has 0 spiro atoms. The molecule has 3 nitrogen and oxygen atoms in total. The van der Waals surface area contributed by atoms with E-state index in [1.807, 2.05) is 54.6 Å². The Bertz CT molecular complexity index is 557. The lowest BCUT2D eigenvalue weighted by molar-refractivity contribution is -0.121. The van der Waals surface area contributed by atoms with E-state index in [1.54, 1.807) is 0 Å². The first-order chi connectivity index (χ1) is 9.74. The van der Waals surface area contributed by atoms with E-state index in [0.717, 1.165) is 15.7 Å². The molecule has 0 aliphatic carbocycles. The van der Waals surface area contributed by atoms with E-state index in [4.69, 9.17) is 0 Å². The van der Waals surface area contributed by atoms with Gasteiger partial charge in [-0.05, 0) is 23.8 Å². The summed E-state index contributed by atoms with van der Waals surface area (Å²) in [5.41, 5.74) is 2.12. The number of hydrogen-bond acceptors (Lipinski definition) is 2. The number of anilines is 1. The van der Waals surface area contributed by atoms with Crippen LogP contribution in [0.25, 0.3) is 0 Å². The summed E-state index contributed by atoms with van der Waals surface area (Å²) in [6.45, 7) is 1.20. The third kappa shape index (κ3) is 5.05. The molecular formula is C16H17BrN2O. The molecule has 2 aromatic rings. The first-order valence-corrected chi connectivity index (χ1v) is 7.33. The minimum Gasteiger partial charge on any atom is -0.384 e. The lowest BCUT2D eigenvalue weighted by atomic mass is 10.2. The predicted octanol–water partition coefficient (Wildman–Crippen LogP) is 3.57. The van der Waals surface area contributed by atoms with E-state index in [-0.39, 0.29) is 5.91 Å². The Kier molecular flexibility index (Phi) is 5.62. The summed E-state index contributed by atoms with van der Waals surface area (Å²) in [5.74, 6) is 0.0522. The molecule has 0 aromatic heterocycles. The van der Waals surface area contributed by atoms with Crippen LogP contribution in [0.2, 0.25) is 0 Å². The molecule has 0 radical (unpaired) electrons. The van der Waals surface area contributed by atoms with Crippen LogP contribution < -0.4 is 10.6 Å². The van der Waals surface area contributed by atoms with Crippen LogP contribution in [-0.4, -0.2) is 12.5 Å². The van der Waals surface area contributed by atoms with Crippen molar-refractivity contribution in [1.82, 2.24) is 5.32 Å². The zero-order valence-electron chi connectivity index (χ0n) is 11.1. The molecule has 1 amide bonds. The second-order valence-electron chi connectivity index (χ2n) is 4.45. The summed E-state index contributed by atoms with van der Waals surface area (Å²) in [7, 11) is 0. The molecule has 0 unspecified atom stereocenters. The van der Waals surface area contributed by atoms with Crippen molar-refractivity contribution in [3.63, 3.8) is 0 Å². The lowest BCUT2D eigenvalue weighted by Crippen LogP contribution is -2.24. The standard InChI is InChI=1S/C16H17BrN2O/c17-14-7-4-8-15(11-14)18-10-9-16(20)19-12-13-5-2-1-3-6-13/h1-8,11,18H,9-10,12H2,(H,19,20). The maximum absolute atomic E-state index is 11.7. The number of nitrogens with one attached hydrogen (secondary N) is 2. The van der Waals surface area contributed by atoms with Gasteiger partial charge >= 0.3 is 0 Å². The second-order valence-corrected chi connectivity index (χ2v) is 5.37. The first kappa shape index (κ1) is 14.6. The van der Waals surface area contributed by atoms with Crippen molar-refractivity contribution in [3.8, 4) is 0 Å². The first-order valence-electron chi connectivity index (χ1n) is 6.54. The Hall–Kier alpha value is -1.81. The van der Waals surface area contributed by atoms with Crippen LogP contribution in [0.3, 0.4) is 0 Å². The summed E-state index contributed by atoms with van der Waals surface area (Å²) in [6.07, 6.45) is 0.458. The van der Waals surface area contributed by atoms with Crippen LogP contribution in [0.4, 0.5) is 5.69 Å². The Morgan fingerprint density at radius 1 is 1.05 bits per heavy atom. The predicted molar refractivity (Wildman–Crippen MR) is 85.5 cm³/mol. The van der Waals surface area contributed by atoms with Crippen molar-refractivity contribution >= 4 is 27.5 Å². The summed E-state index contributed by atoms with van der Waals surface area (Å²) in [6, 6.07) is 17.8. The number of halogens is 1. The van der Waals surface area contributed by atoms with E-state index in [1.165, 1.54) is 0 Å². The highest BCUT2D eigenvalue weighted by molar-refractivity contribution is 9.10. The molecule has 0 aliphatic heterocycles. The summed E-state index contributed by atoms with van der Waals surface area (Å²) < 4.78 is 1.02. The number of carbonyl (C=O) groups is 1. The number of rotatable bonds is 6. The van der Waals surface area contributed by atoms with E-state index in [0.29, 0.717) is 19.5 Å². The number of amides is 1. The van der Waals surface area contributed by atoms with Gasteiger partial charge in [-0.25, -0.2) is 0 Å². The third-order valence-electron chi connectivity index (χ3n) is 2.84. The molecule has 104 valence electrons. The topological polar surface area (TPSA) is 41.1 Å². The van der Waals surface area contributed by atoms with Gasteiger partial charge in [0.05, 0.1) is 0 Å². The molecular weight excluding hydrogens is 316 g/mol. The van der Waals surface area contributed by atoms with Gasteiger partial charge in [-0.2, -0.15) is 0 Å². The third-order valence-corrected chi connectivity index (χ3v) is 3.33. The highest BCUT2D eigenvalue weighted by Crippen LogP contribution is 2.15. The van der Waals surface area contributed by atoms with Crippen LogP contribution in [-0.2, 0) is 11.3 Å². The lowest BCUT2D eigenvalue weighted by Gasteiger charge is -2.08. The summed E-state index contributed by atoms with van der Waals surface area (Å²) in [4.78, 5) is 11.7. The number of hydrogen-bond donors (Lipinski definition) is 2. The summed E-state index contributed by atoms with van der Waals surface area (Å²) in [5, 5.41) is 6.13. The molecule has 0 saturated heterocycles. The summed E-state index contributed by atoms with van der Waals surface area (Å²) >= 11 is 3.41. The molecule has 2 rings (SSSR count). The van der Waals surface area contributed by atoms with Crippen molar-refractivity contribution in [2.45, 2.75) is 13.0 Å². The molecule has 2 aromatic carbocycles. The van der Waals surface area contributed by atoms with E-state index >= 15 is 0 Å². The number of carbonyl (C=O) groups excluding carboxylic acids is 1.